The summed E-state index contributed by atoms with van der Waals surface area (Å²) < 4.78 is 7.80. The van der Waals surface area contributed by atoms with Crippen molar-refractivity contribution in [3.8, 4) is 11.5 Å². The Morgan fingerprint density at radius 3 is 2.79 bits per heavy atom. The largest absolute Gasteiger partial charge is 0.463 e. The van der Waals surface area contributed by atoms with Crippen LogP contribution >= 0.6 is 22.9 Å². The van der Waals surface area contributed by atoms with Gasteiger partial charge < -0.3 is 9.32 Å². The molecule has 0 N–H and O–H groups in total. The Kier molecular flexibility index (Phi) is 4.41. The Morgan fingerprint density at radius 1 is 1.18 bits per heavy atom. The molecule has 0 bridgehead atoms. The van der Waals surface area contributed by atoms with E-state index in [0.717, 1.165) is 41.3 Å². The summed E-state index contributed by atoms with van der Waals surface area (Å²) in [5, 5.41) is 6.13. The van der Waals surface area contributed by atoms with Crippen LogP contribution in [-0.2, 0) is 6.54 Å². The summed E-state index contributed by atoms with van der Waals surface area (Å²) in [5.41, 5.74) is 1.79. The molecule has 0 unspecified atom stereocenters. The van der Waals surface area contributed by atoms with Gasteiger partial charge in [0.05, 0.1) is 17.5 Å². The maximum absolute atomic E-state index is 13.1. The van der Waals surface area contributed by atoms with E-state index in [-0.39, 0.29) is 5.56 Å². The Labute approximate surface area is 170 Å². The zero-order valence-corrected chi connectivity index (χ0v) is 16.5. The van der Waals surface area contributed by atoms with Crippen LogP contribution in [0.2, 0.25) is 5.02 Å². The molecule has 5 rings (SSSR count). The number of anilines is 1. The van der Waals surface area contributed by atoms with Crippen molar-refractivity contribution in [2.24, 2.45) is 0 Å². The average molecular weight is 413 g/mol. The van der Waals surface area contributed by atoms with Gasteiger partial charge in [0.15, 0.2) is 16.4 Å². The van der Waals surface area contributed by atoms with Crippen LogP contribution in [0.5, 0.6) is 0 Å². The van der Waals surface area contributed by atoms with Crippen LogP contribution in [0.4, 0.5) is 5.13 Å². The third-order valence-electron chi connectivity index (χ3n) is 4.84. The number of rotatable bonds is 4. The Hall–Kier alpha value is -2.64. The third kappa shape index (κ3) is 3.10. The molecule has 3 aromatic heterocycles. The van der Waals surface area contributed by atoms with E-state index >= 15 is 0 Å². The number of halogens is 1. The van der Waals surface area contributed by atoms with Crippen molar-refractivity contribution in [3.63, 3.8) is 0 Å². The van der Waals surface area contributed by atoms with Gasteiger partial charge in [0.1, 0.15) is 5.69 Å². The minimum atomic E-state index is -0.202. The summed E-state index contributed by atoms with van der Waals surface area (Å²) in [5.74, 6) is 0.626. The summed E-state index contributed by atoms with van der Waals surface area (Å²) >= 11 is 7.60. The predicted octanol–water partition coefficient (Wildman–Crippen LogP) is 4.41. The molecule has 0 amide bonds. The zero-order chi connectivity index (χ0) is 19.1. The van der Waals surface area contributed by atoms with Crippen LogP contribution < -0.4 is 10.5 Å². The minimum absolute atomic E-state index is 0.202. The molecule has 0 aliphatic carbocycles. The number of hydrogen-bond donors (Lipinski definition) is 0. The van der Waals surface area contributed by atoms with E-state index in [1.807, 2.05) is 36.4 Å². The van der Waals surface area contributed by atoms with Crippen LogP contribution in [0.25, 0.3) is 21.7 Å². The highest BCUT2D eigenvalue weighted by atomic mass is 35.5. The van der Waals surface area contributed by atoms with Gasteiger partial charge in [-0.05, 0) is 42.7 Å². The lowest BCUT2D eigenvalue weighted by atomic mass is 10.2. The first-order valence-corrected chi connectivity index (χ1v) is 10.3. The number of nitrogens with zero attached hydrogens (tertiary/aromatic N) is 4. The maximum Gasteiger partial charge on any atom is 0.294 e. The molecule has 6 nitrogen and oxygen atoms in total. The van der Waals surface area contributed by atoms with Crippen molar-refractivity contribution in [2.45, 2.75) is 19.4 Å². The van der Waals surface area contributed by atoms with Crippen molar-refractivity contribution < 1.29 is 4.42 Å². The van der Waals surface area contributed by atoms with Crippen molar-refractivity contribution in [3.05, 3.63) is 63.6 Å². The van der Waals surface area contributed by atoms with Gasteiger partial charge in [-0.1, -0.05) is 35.1 Å². The fourth-order valence-corrected chi connectivity index (χ4v) is 4.79. The van der Waals surface area contributed by atoms with Crippen LogP contribution in [-0.4, -0.2) is 27.9 Å². The quantitative estimate of drug-likeness (QED) is 0.496. The molecular weight excluding hydrogens is 396 g/mol. The molecule has 1 aliphatic heterocycles. The lowest BCUT2D eigenvalue weighted by Gasteiger charge is -2.11. The fraction of sp³-hybridized carbons (Fsp3) is 0.250. The lowest BCUT2D eigenvalue weighted by Crippen LogP contribution is -2.24. The highest BCUT2D eigenvalue weighted by molar-refractivity contribution is 7.22. The highest BCUT2D eigenvalue weighted by Gasteiger charge is 2.22. The van der Waals surface area contributed by atoms with E-state index < -0.39 is 0 Å². The van der Waals surface area contributed by atoms with Gasteiger partial charge >= 0.3 is 0 Å². The van der Waals surface area contributed by atoms with Crippen LogP contribution in [0.1, 0.15) is 18.4 Å². The monoisotopic (exact) mass is 412 g/mol. The topological polar surface area (TPSA) is 64.2 Å². The van der Waals surface area contributed by atoms with E-state index in [1.54, 1.807) is 6.26 Å². The van der Waals surface area contributed by atoms with Gasteiger partial charge in [-0.25, -0.2) is 9.67 Å². The summed E-state index contributed by atoms with van der Waals surface area (Å²) in [7, 11) is 0. The Morgan fingerprint density at radius 2 is 2.04 bits per heavy atom. The molecule has 0 spiro atoms. The average Bonchev–Trinajstić information content (AvgIpc) is 3.45. The standard InChI is InChI=1S/C20H17ClN4O2S/c21-14-6-3-5-13(11-14)12-25-19(26)17-18(16(23-25)15-7-4-10-27-15)28-20(22-17)24-8-1-2-9-24/h3-7,10-11H,1-2,8-9,12H2. The van der Waals surface area contributed by atoms with Crippen molar-refractivity contribution in [1.82, 2.24) is 14.8 Å². The van der Waals surface area contributed by atoms with E-state index in [9.17, 15) is 4.79 Å². The second-order valence-electron chi connectivity index (χ2n) is 6.79. The van der Waals surface area contributed by atoms with Gasteiger partial charge in [-0.2, -0.15) is 5.10 Å². The van der Waals surface area contributed by atoms with Crippen molar-refractivity contribution >= 4 is 38.3 Å². The Balaban J connectivity index is 1.68. The van der Waals surface area contributed by atoms with E-state index in [1.165, 1.54) is 16.0 Å². The number of aromatic nitrogens is 3. The van der Waals surface area contributed by atoms with E-state index in [2.05, 4.69) is 15.0 Å². The summed E-state index contributed by atoms with van der Waals surface area (Å²) in [6.07, 6.45) is 3.91. The van der Waals surface area contributed by atoms with E-state index in [0.29, 0.717) is 28.5 Å². The molecule has 1 aromatic carbocycles. The minimum Gasteiger partial charge on any atom is -0.463 e. The molecule has 0 atom stereocenters. The molecular formula is C20H17ClN4O2S. The van der Waals surface area contributed by atoms with Crippen LogP contribution in [0.15, 0.2) is 51.9 Å². The molecule has 0 radical (unpaired) electrons. The molecule has 0 saturated carbocycles. The first-order chi connectivity index (χ1) is 13.7. The predicted molar refractivity (Wildman–Crippen MR) is 111 cm³/mol. The highest BCUT2D eigenvalue weighted by Crippen LogP contribution is 2.35. The number of hydrogen-bond acceptors (Lipinski definition) is 6. The number of fused-ring (bicyclic) bond motifs is 1. The Bertz CT molecular complexity index is 1190. The lowest BCUT2D eigenvalue weighted by molar-refractivity contribution is 0.571. The molecule has 28 heavy (non-hydrogen) atoms. The number of benzene rings is 1. The molecule has 1 aliphatic rings. The SMILES string of the molecule is O=c1c2nc(N3CCCC3)sc2c(-c2ccco2)nn1Cc1cccc(Cl)c1. The first-order valence-electron chi connectivity index (χ1n) is 9.14. The molecule has 4 heterocycles. The van der Waals surface area contributed by atoms with Crippen LogP contribution in [0, 0.1) is 0 Å². The third-order valence-corrected chi connectivity index (χ3v) is 6.20. The molecule has 142 valence electrons. The normalized spacial score (nSPS) is 14.2. The van der Waals surface area contributed by atoms with Gasteiger partial charge in [0, 0.05) is 18.1 Å². The smallest absolute Gasteiger partial charge is 0.294 e. The van der Waals surface area contributed by atoms with Gasteiger partial charge in [-0.3, -0.25) is 4.79 Å². The molecule has 1 saturated heterocycles. The second-order valence-corrected chi connectivity index (χ2v) is 8.20. The zero-order valence-electron chi connectivity index (χ0n) is 15.0. The molecule has 8 heteroatoms. The first kappa shape index (κ1) is 17.5. The summed E-state index contributed by atoms with van der Waals surface area (Å²) in [4.78, 5) is 20.1. The summed E-state index contributed by atoms with van der Waals surface area (Å²) in [6.45, 7) is 2.26. The number of furan rings is 1. The van der Waals surface area contributed by atoms with Gasteiger partial charge in [-0.15, -0.1) is 0 Å². The van der Waals surface area contributed by atoms with Crippen molar-refractivity contribution in [1.29, 1.82) is 0 Å². The fourth-order valence-electron chi connectivity index (χ4n) is 3.48. The van der Waals surface area contributed by atoms with E-state index in [4.69, 9.17) is 16.0 Å². The number of thiazole rings is 1. The second kappa shape index (κ2) is 7.07. The van der Waals surface area contributed by atoms with Gasteiger partial charge in [0.25, 0.3) is 5.56 Å². The van der Waals surface area contributed by atoms with Crippen molar-refractivity contribution in [2.75, 3.05) is 18.0 Å². The van der Waals surface area contributed by atoms with Gasteiger partial charge in [0.2, 0.25) is 0 Å². The molecule has 1 fully saturated rings. The molecule has 4 aromatic rings. The maximum atomic E-state index is 13.1. The van der Waals surface area contributed by atoms with Crippen LogP contribution in [0.3, 0.4) is 0 Å². The summed E-state index contributed by atoms with van der Waals surface area (Å²) in [6, 6.07) is 11.1.